The van der Waals surface area contributed by atoms with Gasteiger partial charge in [-0.1, -0.05) is 140 Å². The van der Waals surface area contributed by atoms with Gasteiger partial charge in [-0.15, -0.1) is 11.3 Å². The second kappa shape index (κ2) is 15.5. The average molecular weight is 942 g/mol. The monoisotopic (exact) mass is 941 g/mol. The van der Waals surface area contributed by atoms with Gasteiger partial charge in [-0.05, 0) is 184 Å². The van der Waals surface area contributed by atoms with Crippen LogP contribution in [0.4, 0.5) is 51.2 Å². The van der Waals surface area contributed by atoms with Crippen LogP contribution in [0.2, 0.25) is 0 Å². The first kappa shape index (κ1) is 44.4. The Morgan fingerprint density at radius 1 is 0.451 bits per heavy atom. The van der Waals surface area contributed by atoms with Gasteiger partial charge in [0.15, 0.2) is 0 Å². The Morgan fingerprint density at radius 2 is 1.06 bits per heavy atom. The quantitative estimate of drug-likeness (QED) is 0.159. The van der Waals surface area contributed by atoms with E-state index in [-0.39, 0.29) is 28.4 Å². The molecule has 0 saturated heterocycles. The molecule has 0 radical (unpaired) electrons. The molecule has 13 rings (SSSR count). The first-order valence-electron chi connectivity index (χ1n) is 26.0. The van der Waals surface area contributed by atoms with E-state index in [1.807, 2.05) is 11.3 Å². The van der Waals surface area contributed by atoms with E-state index in [9.17, 15) is 0 Å². The van der Waals surface area contributed by atoms with Crippen LogP contribution in [0.5, 0.6) is 0 Å². The maximum atomic E-state index is 2.69. The van der Waals surface area contributed by atoms with Gasteiger partial charge in [-0.3, -0.25) is 0 Å². The molecule has 8 aromatic carbocycles. The second-order valence-electron chi connectivity index (χ2n) is 24.0. The fourth-order valence-electron chi connectivity index (χ4n) is 13.3. The number of fused-ring (bicyclic) bond motifs is 9. The van der Waals surface area contributed by atoms with E-state index < -0.39 is 0 Å². The highest BCUT2D eigenvalue weighted by molar-refractivity contribution is 7.26. The fraction of sp³-hybridized carbons (Fsp3) is 0.273. The Balaban J connectivity index is 1.14. The van der Waals surface area contributed by atoms with Crippen LogP contribution in [0.15, 0.2) is 158 Å². The Morgan fingerprint density at radius 3 is 1.79 bits per heavy atom. The summed E-state index contributed by atoms with van der Waals surface area (Å²) in [7, 11) is 0. The Kier molecular flexibility index (Phi) is 9.67. The maximum absolute atomic E-state index is 2.69. The largest absolute Gasteiger partial charge is 0.311 e. The number of hydrogen-bond acceptors (Lipinski definition) is 4. The van der Waals surface area contributed by atoms with E-state index in [0.29, 0.717) is 0 Å². The second-order valence-corrected chi connectivity index (χ2v) is 25.0. The normalized spacial score (nSPS) is 17.6. The first-order chi connectivity index (χ1) is 34.0. The van der Waals surface area contributed by atoms with Crippen molar-refractivity contribution in [2.24, 2.45) is 0 Å². The van der Waals surface area contributed by atoms with Crippen LogP contribution in [0.3, 0.4) is 0 Å². The SMILES string of the molecule is Cc1cc2c3c(c1)N(c1cccc4c1sc1ccccc14)c1cc(N(c4ccccc4)c4ccccc4C)ccc1B3c1cc3c(cc1N2c1ccc2c(c1)C(C)(C)CCC2(C)C)C(C)(C)CCC3(C)C. The van der Waals surface area contributed by atoms with Crippen molar-refractivity contribution in [2.45, 2.75) is 117 Å². The molecule has 0 amide bonds. The highest BCUT2D eigenvalue weighted by Gasteiger charge is 2.47. The van der Waals surface area contributed by atoms with Crippen LogP contribution < -0.4 is 31.1 Å². The van der Waals surface area contributed by atoms with Gasteiger partial charge in [0, 0.05) is 61.0 Å². The van der Waals surface area contributed by atoms with E-state index in [4.69, 9.17) is 0 Å². The van der Waals surface area contributed by atoms with Gasteiger partial charge in [-0.2, -0.15) is 0 Å². The lowest BCUT2D eigenvalue weighted by Crippen LogP contribution is -2.62. The average Bonchev–Trinajstić information content (AvgIpc) is 3.74. The van der Waals surface area contributed by atoms with Gasteiger partial charge in [0.2, 0.25) is 0 Å². The van der Waals surface area contributed by atoms with Gasteiger partial charge in [0.05, 0.1) is 10.4 Å². The summed E-state index contributed by atoms with van der Waals surface area (Å²) in [6, 6.07) is 61.0. The molecule has 71 heavy (non-hydrogen) atoms. The lowest BCUT2D eigenvalue weighted by Gasteiger charge is -2.48. The van der Waals surface area contributed by atoms with Crippen LogP contribution in [0, 0.1) is 13.8 Å². The third-order valence-corrected chi connectivity index (χ3v) is 18.7. The molecule has 3 nitrogen and oxygen atoms in total. The van der Waals surface area contributed by atoms with Gasteiger partial charge < -0.3 is 14.7 Å². The van der Waals surface area contributed by atoms with Crippen molar-refractivity contribution < 1.29 is 0 Å². The summed E-state index contributed by atoms with van der Waals surface area (Å²) in [6.45, 7) is 24.3. The summed E-state index contributed by atoms with van der Waals surface area (Å²) < 4.78 is 2.62. The van der Waals surface area contributed by atoms with E-state index in [1.54, 1.807) is 0 Å². The molecule has 0 fully saturated rings. The van der Waals surface area contributed by atoms with Crippen molar-refractivity contribution in [3.05, 3.63) is 191 Å². The molecule has 9 aromatic rings. The van der Waals surface area contributed by atoms with E-state index in [0.717, 1.165) is 17.8 Å². The van der Waals surface area contributed by atoms with Gasteiger partial charge in [0.25, 0.3) is 6.71 Å². The zero-order valence-corrected chi connectivity index (χ0v) is 44.0. The summed E-state index contributed by atoms with van der Waals surface area (Å²) in [6.07, 6.45) is 4.70. The van der Waals surface area contributed by atoms with Crippen LogP contribution in [0.25, 0.3) is 20.2 Å². The lowest BCUT2D eigenvalue weighted by atomic mass is 9.33. The molecule has 2 aliphatic heterocycles. The molecule has 4 aliphatic rings. The molecule has 0 atom stereocenters. The zero-order valence-electron chi connectivity index (χ0n) is 43.2. The smallest absolute Gasteiger partial charge is 0.252 e. The van der Waals surface area contributed by atoms with E-state index in [1.165, 1.54) is 129 Å². The topological polar surface area (TPSA) is 9.72 Å². The molecule has 0 N–H and O–H groups in total. The number of hydrogen-bond donors (Lipinski definition) is 0. The van der Waals surface area contributed by atoms with Crippen LogP contribution in [-0.2, 0) is 21.7 Å². The summed E-state index contributed by atoms with van der Waals surface area (Å²) in [5.41, 5.74) is 23.9. The van der Waals surface area contributed by atoms with Crippen molar-refractivity contribution in [3.63, 3.8) is 0 Å². The van der Waals surface area contributed by atoms with Crippen molar-refractivity contribution in [2.75, 3.05) is 14.7 Å². The Labute approximate surface area is 425 Å². The molecule has 2 aliphatic carbocycles. The number of aryl methyl sites for hydroxylation is 2. The standard InChI is InChI=1S/C66H64BN3S/c1-41-35-58-61-59(36-41)70(55-25-18-23-47-46-22-15-17-26-60(46)71-62(47)55)56-38-45(68(43-20-12-11-13-21-43)54-24-16-14-19-42(54)2)28-30-52(56)67(61)53-39-50-51(66(9,10)34-33-65(50,7)8)40-57(53)69(58)44-27-29-48-49(37-44)64(5,6)32-31-63(48,3)4/h11-30,35-40H,31-34H2,1-10H3. The highest BCUT2D eigenvalue weighted by atomic mass is 32.1. The van der Waals surface area contributed by atoms with Crippen molar-refractivity contribution in [1.82, 2.24) is 0 Å². The molecular weight excluding hydrogens is 878 g/mol. The van der Waals surface area contributed by atoms with Crippen LogP contribution >= 0.6 is 11.3 Å². The number of thiophene rings is 1. The van der Waals surface area contributed by atoms with Crippen LogP contribution in [-0.4, -0.2) is 6.71 Å². The Bertz CT molecular complexity index is 3670. The summed E-state index contributed by atoms with van der Waals surface area (Å²) in [5.74, 6) is 0. The lowest BCUT2D eigenvalue weighted by molar-refractivity contribution is 0.332. The van der Waals surface area contributed by atoms with Crippen LogP contribution in [0.1, 0.15) is 114 Å². The van der Waals surface area contributed by atoms with Gasteiger partial charge in [0.1, 0.15) is 0 Å². The maximum Gasteiger partial charge on any atom is 0.252 e. The van der Waals surface area contributed by atoms with Gasteiger partial charge in [-0.25, -0.2) is 0 Å². The number of benzene rings is 8. The third-order valence-electron chi connectivity index (χ3n) is 17.5. The molecule has 3 heterocycles. The molecule has 352 valence electrons. The fourth-order valence-corrected chi connectivity index (χ4v) is 14.5. The Hall–Kier alpha value is -6.56. The van der Waals surface area contributed by atoms with Gasteiger partial charge >= 0.3 is 0 Å². The molecule has 5 heteroatoms. The molecular formula is C66H64BN3S. The summed E-state index contributed by atoms with van der Waals surface area (Å²) in [5, 5.41) is 2.62. The van der Waals surface area contributed by atoms with Crippen molar-refractivity contribution >= 4 is 106 Å². The summed E-state index contributed by atoms with van der Waals surface area (Å²) in [4.78, 5) is 7.81. The summed E-state index contributed by atoms with van der Waals surface area (Å²) >= 11 is 1.92. The minimum Gasteiger partial charge on any atom is -0.311 e. The van der Waals surface area contributed by atoms with Crippen molar-refractivity contribution in [3.8, 4) is 0 Å². The first-order valence-corrected chi connectivity index (χ1v) is 26.9. The predicted molar refractivity (Wildman–Crippen MR) is 308 cm³/mol. The predicted octanol–water partition coefficient (Wildman–Crippen LogP) is 16.9. The molecule has 0 saturated carbocycles. The van der Waals surface area contributed by atoms with E-state index >= 15 is 0 Å². The minimum absolute atomic E-state index is 0.00321. The molecule has 0 spiro atoms. The number of rotatable bonds is 5. The number of para-hydroxylation sites is 2. The zero-order chi connectivity index (χ0) is 48.9. The minimum atomic E-state index is -0.00321. The highest BCUT2D eigenvalue weighted by Crippen LogP contribution is 2.54. The van der Waals surface area contributed by atoms with Crippen molar-refractivity contribution in [1.29, 1.82) is 0 Å². The number of anilines is 9. The van der Waals surface area contributed by atoms with E-state index in [2.05, 4.69) is 242 Å². The molecule has 0 bridgehead atoms. The number of nitrogens with zero attached hydrogens (tertiary/aromatic N) is 3. The molecule has 1 aromatic heterocycles. The molecule has 0 unspecified atom stereocenters. The third kappa shape index (κ3) is 6.67.